The third-order valence-corrected chi connectivity index (χ3v) is 2.98. The number of carbonyl (C=O) groups is 1. The number of hydrogen-bond acceptors (Lipinski definition) is 3. The van der Waals surface area contributed by atoms with E-state index in [2.05, 4.69) is 36.1 Å². The third kappa shape index (κ3) is 2.80. The van der Waals surface area contributed by atoms with E-state index in [1.54, 1.807) is 6.07 Å². The monoisotopic (exact) mass is 243 g/mol. The van der Waals surface area contributed by atoms with Gasteiger partial charge in [-0.2, -0.15) is 0 Å². The topological polar surface area (TPSA) is 33.5 Å². The molecule has 18 heavy (non-hydrogen) atoms. The Kier molecular flexibility index (Phi) is 3.82. The van der Waals surface area contributed by atoms with Crippen LogP contribution in [0.5, 0.6) is 0 Å². The van der Waals surface area contributed by atoms with Crippen LogP contribution in [0.15, 0.2) is 40.8 Å². The summed E-state index contributed by atoms with van der Waals surface area (Å²) in [5.74, 6) is 1.17. The number of furan rings is 1. The van der Waals surface area contributed by atoms with Gasteiger partial charge in [0.2, 0.25) is 0 Å². The van der Waals surface area contributed by atoms with Crippen LogP contribution < -0.4 is 4.90 Å². The van der Waals surface area contributed by atoms with Crippen LogP contribution in [-0.4, -0.2) is 13.3 Å². The molecular formula is C15H17NO2. The Morgan fingerprint density at radius 2 is 1.89 bits per heavy atom. The van der Waals surface area contributed by atoms with Crippen molar-refractivity contribution in [1.29, 1.82) is 0 Å². The fourth-order valence-electron chi connectivity index (χ4n) is 1.85. The van der Waals surface area contributed by atoms with E-state index >= 15 is 0 Å². The van der Waals surface area contributed by atoms with Crippen molar-refractivity contribution < 1.29 is 9.21 Å². The third-order valence-electron chi connectivity index (χ3n) is 2.98. The summed E-state index contributed by atoms with van der Waals surface area (Å²) in [7, 11) is 2.00. The highest BCUT2D eigenvalue weighted by molar-refractivity contribution is 5.70. The molecule has 0 saturated heterocycles. The van der Waals surface area contributed by atoms with Gasteiger partial charge in [-0.1, -0.05) is 19.1 Å². The number of rotatable bonds is 5. The van der Waals surface area contributed by atoms with Crippen molar-refractivity contribution in [2.45, 2.75) is 19.9 Å². The Hall–Kier alpha value is -2.03. The van der Waals surface area contributed by atoms with E-state index in [0.29, 0.717) is 12.3 Å². The van der Waals surface area contributed by atoms with Crippen LogP contribution in [0.2, 0.25) is 0 Å². The highest BCUT2D eigenvalue weighted by Gasteiger charge is 2.06. The summed E-state index contributed by atoms with van der Waals surface area (Å²) in [4.78, 5) is 12.6. The molecular weight excluding hydrogens is 226 g/mol. The van der Waals surface area contributed by atoms with Gasteiger partial charge in [0, 0.05) is 12.7 Å². The van der Waals surface area contributed by atoms with E-state index in [9.17, 15) is 4.79 Å². The van der Waals surface area contributed by atoms with Crippen LogP contribution >= 0.6 is 0 Å². The minimum atomic E-state index is 0.375. The lowest BCUT2D eigenvalue weighted by Crippen LogP contribution is -2.15. The highest BCUT2D eigenvalue weighted by atomic mass is 16.3. The Morgan fingerprint density at radius 3 is 2.44 bits per heavy atom. The number of benzene rings is 1. The summed E-state index contributed by atoms with van der Waals surface area (Å²) in [6, 6.07) is 12.0. The molecule has 2 aromatic rings. The van der Waals surface area contributed by atoms with Crippen LogP contribution in [0.3, 0.4) is 0 Å². The van der Waals surface area contributed by atoms with Crippen LogP contribution in [0.25, 0.3) is 0 Å². The maximum Gasteiger partial charge on any atom is 0.185 e. The average Bonchev–Trinajstić information content (AvgIpc) is 2.86. The SMILES string of the molecule is CCc1ccc(N(C)Cc2ccc(C=O)o2)cc1. The minimum absolute atomic E-state index is 0.375. The zero-order chi connectivity index (χ0) is 13.0. The van der Waals surface area contributed by atoms with Gasteiger partial charge in [-0.05, 0) is 36.2 Å². The summed E-state index contributed by atoms with van der Waals surface area (Å²) in [5, 5.41) is 0. The van der Waals surface area contributed by atoms with E-state index in [1.807, 2.05) is 13.1 Å². The van der Waals surface area contributed by atoms with E-state index in [4.69, 9.17) is 4.42 Å². The van der Waals surface area contributed by atoms with Crippen molar-refractivity contribution in [1.82, 2.24) is 0 Å². The molecule has 1 aromatic carbocycles. The first-order chi connectivity index (χ1) is 8.72. The molecule has 0 aliphatic carbocycles. The zero-order valence-corrected chi connectivity index (χ0v) is 10.7. The second-order valence-corrected chi connectivity index (χ2v) is 4.30. The molecule has 2 rings (SSSR count). The first-order valence-electron chi connectivity index (χ1n) is 6.07. The maximum atomic E-state index is 10.5. The lowest BCUT2D eigenvalue weighted by atomic mass is 10.1. The van der Waals surface area contributed by atoms with Gasteiger partial charge in [-0.15, -0.1) is 0 Å². The second-order valence-electron chi connectivity index (χ2n) is 4.30. The van der Waals surface area contributed by atoms with E-state index in [-0.39, 0.29) is 0 Å². The van der Waals surface area contributed by atoms with Crippen molar-refractivity contribution in [3.63, 3.8) is 0 Å². The fraction of sp³-hybridized carbons (Fsp3) is 0.267. The lowest BCUT2D eigenvalue weighted by Gasteiger charge is -2.18. The number of nitrogens with zero attached hydrogens (tertiary/aromatic N) is 1. The molecule has 0 spiro atoms. The second kappa shape index (κ2) is 5.54. The molecule has 1 heterocycles. The van der Waals surface area contributed by atoms with Crippen molar-refractivity contribution >= 4 is 12.0 Å². The molecule has 0 saturated carbocycles. The number of carbonyl (C=O) groups excluding carboxylic acids is 1. The molecule has 0 fully saturated rings. The predicted molar refractivity (Wildman–Crippen MR) is 72.0 cm³/mol. The minimum Gasteiger partial charge on any atom is -0.456 e. The van der Waals surface area contributed by atoms with E-state index in [0.717, 1.165) is 24.2 Å². The molecule has 0 aliphatic rings. The smallest absolute Gasteiger partial charge is 0.185 e. The molecule has 94 valence electrons. The van der Waals surface area contributed by atoms with Crippen LogP contribution in [0.1, 0.15) is 28.8 Å². The summed E-state index contributed by atoms with van der Waals surface area (Å²) < 4.78 is 5.36. The molecule has 0 atom stereocenters. The van der Waals surface area contributed by atoms with Gasteiger partial charge < -0.3 is 9.32 Å². The van der Waals surface area contributed by atoms with Gasteiger partial charge in [0.05, 0.1) is 6.54 Å². The Balaban J connectivity index is 2.06. The van der Waals surface area contributed by atoms with E-state index < -0.39 is 0 Å². The molecule has 0 radical (unpaired) electrons. The van der Waals surface area contributed by atoms with Crippen LogP contribution in [0.4, 0.5) is 5.69 Å². The molecule has 0 bridgehead atoms. The molecule has 3 heteroatoms. The summed E-state index contributed by atoms with van der Waals surface area (Å²) in [6.45, 7) is 2.79. The Labute approximate surface area is 107 Å². The largest absolute Gasteiger partial charge is 0.456 e. The van der Waals surface area contributed by atoms with Crippen molar-refractivity contribution in [2.24, 2.45) is 0 Å². The van der Waals surface area contributed by atoms with Crippen LogP contribution in [-0.2, 0) is 13.0 Å². The number of hydrogen-bond donors (Lipinski definition) is 0. The predicted octanol–water partition coefficient (Wildman–Crippen LogP) is 3.29. The maximum absolute atomic E-state index is 10.5. The van der Waals surface area contributed by atoms with Gasteiger partial charge in [0.25, 0.3) is 0 Å². The number of aryl methyl sites for hydroxylation is 1. The number of aldehydes is 1. The van der Waals surface area contributed by atoms with Gasteiger partial charge in [-0.25, -0.2) is 0 Å². The fourth-order valence-corrected chi connectivity index (χ4v) is 1.85. The molecule has 3 nitrogen and oxygen atoms in total. The molecule has 0 N–H and O–H groups in total. The quantitative estimate of drug-likeness (QED) is 0.755. The first-order valence-corrected chi connectivity index (χ1v) is 6.07. The Bertz CT molecular complexity index is 514. The zero-order valence-electron chi connectivity index (χ0n) is 10.7. The molecule has 0 amide bonds. The van der Waals surface area contributed by atoms with Gasteiger partial charge in [0.1, 0.15) is 5.76 Å². The van der Waals surface area contributed by atoms with Crippen molar-refractivity contribution in [3.05, 3.63) is 53.5 Å². The Morgan fingerprint density at radius 1 is 1.17 bits per heavy atom. The normalized spacial score (nSPS) is 10.3. The first kappa shape index (κ1) is 12.4. The molecule has 1 aromatic heterocycles. The molecule has 0 unspecified atom stereocenters. The van der Waals surface area contributed by atoms with Gasteiger partial charge >= 0.3 is 0 Å². The highest BCUT2D eigenvalue weighted by Crippen LogP contribution is 2.17. The van der Waals surface area contributed by atoms with Gasteiger partial charge in [-0.3, -0.25) is 4.79 Å². The average molecular weight is 243 g/mol. The van der Waals surface area contributed by atoms with Crippen molar-refractivity contribution in [3.8, 4) is 0 Å². The van der Waals surface area contributed by atoms with Crippen LogP contribution in [0, 0.1) is 0 Å². The van der Waals surface area contributed by atoms with Crippen molar-refractivity contribution in [2.75, 3.05) is 11.9 Å². The molecule has 0 aliphatic heterocycles. The van der Waals surface area contributed by atoms with E-state index in [1.165, 1.54) is 5.56 Å². The standard InChI is InChI=1S/C15H17NO2/c1-3-12-4-6-13(7-5-12)16(2)10-14-8-9-15(11-17)18-14/h4-9,11H,3,10H2,1-2H3. The lowest BCUT2D eigenvalue weighted by molar-refractivity contribution is 0.109. The van der Waals surface area contributed by atoms with Gasteiger partial charge in [0.15, 0.2) is 12.0 Å². The summed E-state index contributed by atoms with van der Waals surface area (Å²) >= 11 is 0. The summed E-state index contributed by atoms with van der Waals surface area (Å²) in [6.07, 6.45) is 1.77. The number of anilines is 1. The summed E-state index contributed by atoms with van der Waals surface area (Å²) in [5.41, 5.74) is 2.46.